The molecule has 5 aliphatic rings. The molecule has 2 aromatic heterocycles. The molecule has 3 aliphatic heterocycles. The summed E-state index contributed by atoms with van der Waals surface area (Å²) in [5.41, 5.74) is 8.61. The number of unbranched alkanes of at least 4 members (excludes halogenated alkanes) is 2. The minimum atomic E-state index is -0.736. The van der Waals surface area contributed by atoms with Crippen LogP contribution < -0.4 is 16.2 Å². The lowest BCUT2D eigenvalue weighted by atomic mass is 9.69. The van der Waals surface area contributed by atoms with Gasteiger partial charge < -0.3 is 25.3 Å². The Kier molecular flexibility index (Phi) is 14.9. The summed E-state index contributed by atoms with van der Waals surface area (Å²) in [5, 5.41) is 7.28. The van der Waals surface area contributed by atoms with Gasteiger partial charge in [0.25, 0.3) is 5.56 Å². The summed E-state index contributed by atoms with van der Waals surface area (Å²) in [7, 11) is 3.96. The first kappa shape index (κ1) is 51.7. The summed E-state index contributed by atoms with van der Waals surface area (Å²) in [6.45, 7) is 12.3. The zero-order chi connectivity index (χ0) is 51.2. The summed E-state index contributed by atoms with van der Waals surface area (Å²) in [5.74, 6) is 1.07. The van der Waals surface area contributed by atoms with E-state index in [9.17, 15) is 19.2 Å². The lowest BCUT2D eigenvalue weighted by molar-refractivity contribution is -0.145. The minimum Gasteiger partial charge on any atom is -0.348 e. The Morgan fingerprint density at radius 2 is 1.64 bits per heavy atom. The molecule has 3 atom stereocenters. The SMILES string of the molecule is Cc1ncsc1-c1ccc([C@H](CCCCCN2CCC(c3ccc4c(c3)C3(CCCCC3)c3nc(=O)c5c(Br)cccc5n3-4)CC2)NC(=O)[C@@H]2CCCN2C(=O)[C@@H](NC(=O)C2(CN(C)C)CC2)C(C)(C)C)cc1. The number of piperidine rings is 1. The van der Waals surface area contributed by atoms with Crippen LogP contribution in [0.1, 0.15) is 157 Å². The molecule has 4 fully saturated rings. The molecule has 14 heteroatoms. The molecule has 3 aromatic carbocycles. The molecule has 10 rings (SSSR count). The molecule has 73 heavy (non-hydrogen) atoms. The van der Waals surface area contributed by atoms with Crippen LogP contribution in [-0.4, -0.2) is 106 Å². The average molecular weight is 1070 g/mol. The molecular formula is C59H75BrN8O4S. The van der Waals surface area contributed by atoms with E-state index >= 15 is 0 Å². The van der Waals surface area contributed by atoms with E-state index in [0.717, 1.165) is 141 Å². The maximum absolute atomic E-state index is 14.5. The molecule has 5 heterocycles. The molecule has 5 aromatic rings. The first-order chi connectivity index (χ1) is 35.1. The summed E-state index contributed by atoms with van der Waals surface area (Å²) in [4.78, 5) is 73.2. The zero-order valence-electron chi connectivity index (χ0n) is 43.9. The van der Waals surface area contributed by atoms with Crippen molar-refractivity contribution in [2.75, 3.05) is 46.8 Å². The van der Waals surface area contributed by atoms with Crippen LogP contribution in [-0.2, 0) is 19.8 Å². The molecule has 388 valence electrons. The Balaban J connectivity index is 0.772. The van der Waals surface area contributed by atoms with Crippen LogP contribution in [0.2, 0.25) is 0 Å². The second kappa shape index (κ2) is 21.1. The summed E-state index contributed by atoms with van der Waals surface area (Å²) in [6.07, 6.45) is 14.7. The third kappa shape index (κ3) is 10.4. The number of benzene rings is 3. The van der Waals surface area contributed by atoms with Gasteiger partial charge in [0.2, 0.25) is 17.7 Å². The predicted octanol–water partition coefficient (Wildman–Crippen LogP) is 10.6. The van der Waals surface area contributed by atoms with Crippen LogP contribution in [0.4, 0.5) is 0 Å². The van der Waals surface area contributed by atoms with Gasteiger partial charge >= 0.3 is 0 Å². The number of thiazole rings is 1. The molecule has 2 aliphatic carbocycles. The van der Waals surface area contributed by atoms with Gasteiger partial charge in [-0.1, -0.05) is 95.3 Å². The highest BCUT2D eigenvalue weighted by molar-refractivity contribution is 9.10. The number of nitrogens with one attached hydrogen (secondary N) is 2. The van der Waals surface area contributed by atoms with Gasteiger partial charge in [0, 0.05) is 17.6 Å². The van der Waals surface area contributed by atoms with Crippen LogP contribution in [0, 0.1) is 17.8 Å². The normalized spacial score (nSPS) is 20.3. The van der Waals surface area contributed by atoms with Crippen molar-refractivity contribution in [3.05, 3.63) is 109 Å². The van der Waals surface area contributed by atoms with Gasteiger partial charge in [-0.15, -0.1) is 11.3 Å². The maximum Gasteiger partial charge on any atom is 0.281 e. The monoisotopic (exact) mass is 1070 g/mol. The molecule has 0 radical (unpaired) electrons. The third-order valence-electron chi connectivity index (χ3n) is 17.1. The highest BCUT2D eigenvalue weighted by Gasteiger charge is 2.53. The first-order valence-electron chi connectivity index (χ1n) is 27.2. The van der Waals surface area contributed by atoms with Crippen molar-refractivity contribution in [1.29, 1.82) is 0 Å². The second-order valence-electron chi connectivity index (χ2n) is 23.5. The number of aryl methyl sites for hydroxylation is 1. The van der Waals surface area contributed by atoms with Crippen LogP contribution in [0.5, 0.6) is 0 Å². The molecule has 2 saturated heterocycles. The van der Waals surface area contributed by atoms with E-state index in [1.54, 1.807) is 16.2 Å². The van der Waals surface area contributed by atoms with Crippen molar-refractivity contribution in [2.24, 2.45) is 10.8 Å². The number of aromatic nitrogens is 3. The van der Waals surface area contributed by atoms with E-state index in [-0.39, 0.29) is 34.7 Å². The summed E-state index contributed by atoms with van der Waals surface area (Å²) >= 11 is 5.29. The molecule has 2 N–H and O–H groups in total. The molecule has 3 amide bonds. The lowest BCUT2D eigenvalue weighted by Crippen LogP contribution is -2.59. The predicted molar refractivity (Wildman–Crippen MR) is 295 cm³/mol. The highest BCUT2D eigenvalue weighted by Crippen LogP contribution is 2.53. The Morgan fingerprint density at radius 1 is 0.890 bits per heavy atom. The Bertz CT molecular complexity index is 2910. The molecule has 0 bridgehead atoms. The maximum atomic E-state index is 14.5. The Morgan fingerprint density at radius 3 is 2.33 bits per heavy atom. The third-order valence-corrected chi connectivity index (χ3v) is 18.8. The number of likely N-dealkylation sites (tertiary alicyclic amines) is 2. The molecule has 0 unspecified atom stereocenters. The smallest absolute Gasteiger partial charge is 0.281 e. The van der Waals surface area contributed by atoms with Gasteiger partial charge in [0.1, 0.15) is 17.9 Å². The fourth-order valence-corrected chi connectivity index (χ4v) is 14.3. The fourth-order valence-electron chi connectivity index (χ4n) is 12.9. The number of carbonyl (C=O) groups is 3. The number of nitrogens with zero attached hydrogens (tertiary/aromatic N) is 6. The summed E-state index contributed by atoms with van der Waals surface area (Å²) < 4.78 is 3.09. The quantitative estimate of drug-likeness (QED) is 0.0934. The molecule has 12 nitrogen and oxygen atoms in total. The van der Waals surface area contributed by atoms with Crippen molar-refractivity contribution in [3.63, 3.8) is 0 Å². The zero-order valence-corrected chi connectivity index (χ0v) is 46.3. The van der Waals surface area contributed by atoms with Crippen molar-refractivity contribution in [2.45, 2.75) is 153 Å². The number of fused-ring (bicyclic) bond motifs is 7. The largest absolute Gasteiger partial charge is 0.348 e. The fraction of sp³-hybridized carbons (Fsp3) is 0.559. The highest BCUT2D eigenvalue weighted by atomic mass is 79.9. The number of halogens is 1. The molecular weight excluding hydrogens is 997 g/mol. The summed E-state index contributed by atoms with van der Waals surface area (Å²) in [6, 6.07) is 20.2. The standard InChI is InChI=1S/C59H75BrN8O4S/c1-38-50(73-37-61-38)41-21-19-40(20-22-41)45(62-52(69)48-18-14-32-67(48)54(71)51(57(2,3)4)63-56(72)58(29-30-58)36-65(5)6)16-9-7-12-31-66-33-25-39(26-34-66)42-23-24-46-43(35-42)59(27-10-8-11-28-59)55-64-53(70)49-44(60)15-13-17-47(49)68(46)55/h13,15,17,19-24,35,37,39,45,48,51H,7-12,14,16,18,25-34,36H2,1-6H3,(H,62,69)(H,63,72)/t45-,48-,51+/m0/s1. The van der Waals surface area contributed by atoms with E-state index in [1.807, 2.05) is 64.3 Å². The van der Waals surface area contributed by atoms with Crippen molar-refractivity contribution in [3.8, 4) is 16.1 Å². The van der Waals surface area contributed by atoms with Gasteiger partial charge in [-0.25, -0.2) is 4.98 Å². The van der Waals surface area contributed by atoms with E-state index in [1.165, 1.54) is 23.2 Å². The van der Waals surface area contributed by atoms with E-state index in [2.05, 4.69) is 89.5 Å². The average Bonchev–Trinajstić information content (AvgIpc) is 3.64. The van der Waals surface area contributed by atoms with Crippen molar-refractivity contribution < 1.29 is 14.4 Å². The molecule has 1 spiro atoms. The van der Waals surface area contributed by atoms with E-state index in [4.69, 9.17) is 4.98 Å². The van der Waals surface area contributed by atoms with Gasteiger partial charge in [0.15, 0.2) is 0 Å². The number of hydrogen-bond donors (Lipinski definition) is 2. The molecule has 2 saturated carbocycles. The van der Waals surface area contributed by atoms with Gasteiger partial charge in [-0.05, 0) is 173 Å². The van der Waals surface area contributed by atoms with E-state index < -0.39 is 22.9 Å². The lowest BCUT2D eigenvalue weighted by Gasteiger charge is -2.36. The number of rotatable bonds is 16. The second-order valence-corrected chi connectivity index (χ2v) is 25.2. The van der Waals surface area contributed by atoms with Crippen LogP contribution in [0.25, 0.3) is 27.0 Å². The van der Waals surface area contributed by atoms with Crippen LogP contribution in [0.15, 0.2) is 75.4 Å². The van der Waals surface area contributed by atoms with Gasteiger partial charge in [0.05, 0.1) is 49.5 Å². The van der Waals surface area contributed by atoms with Gasteiger partial charge in [-0.3, -0.25) is 23.7 Å². The Labute approximate surface area is 444 Å². The number of hydrogen-bond acceptors (Lipinski definition) is 9. The van der Waals surface area contributed by atoms with Crippen LogP contribution >= 0.6 is 27.3 Å². The Hall–Kier alpha value is -4.76. The van der Waals surface area contributed by atoms with Crippen LogP contribution in [0.3, 0.4) is 0 Å². The van der Waals surface area contributed by atoms with Crippen molar-refractivity contribution >= 4 is 55.9 Å². The van der Waals surface area contributed by atoms with Gasteiger partial charge in [-0.2, -0.15) is 4.98 Å². The van der Waals surface area contributed by atoms with E-state index in [0.29, 0.717) is 30.8 Å². The number of amides is 3. The van der Waals surface area contributed by atoms with Crippen molar-refractivity contribution in [1.82, 2.24) is 39.9 Å². The minimum absolute atomic E-state index is 0.0625. The first-order valence-corrected chi connectivity index (χ1v) is 28.9. The number of carbonyl (C=O) groups excluding carboxylic acids is 3. The topological polar surface area (TPSA) is 133 Å².